The largest absolute Gasteiger partial charge is 0.378 e. The van der Waals surface area contributed by atoms with Gasteiger partial charge in [0.15, 0.2) is 0 Å². The lowest BCUT2D eigenvalue weighted by Gasteiger charge is -2.23. The van der Waals surface area contributed by atoms with Gasteiger partial charge in [0.1, 0.15) is 11.9 Å². The molecule has 1 fully saturated rings. The van der Waals surface area contributed by atoms with Crippen molar-refractivity contribution in [2.45, 2.75) is 13.0 Å². The number of anilines is 1. The van der Waals surface area contributed by atoms with Gasteiger partial charge in [-0.1, -0.05) is 6.07 Å². The SMILES string of the molecule is Cc1ccc(F)cc1NC(=O)C1COCCN1. The van der Waals surface area contributed by atoms with Gasteiger partial charge in [-0.3, -0.25) is 4.79 Å². The minimum Gasteiger partial charge on any atom is -0.378 e. The second-order valence-corrected chi connectivity index (χ2v) is 4.03. The maximum atomic E-state index is 13.0. The van der Waals surface area contributed by atoms with Crippen LogP contribution in [0.1, 0.15) is 5.56 Å². The molecule has 0 spiro atoms. The first-order chi connectivity index (χ1) is 8.16. The molecule has 2 N–H and O–H groups in total. The van der Waals surface area contributed by atoms with E-state index in [9.17, 15) is 9.18 Å². The van der Waals surface area contributed by atoms with Crippen LogP contribution in [-0.2, 0) is 9.53 Å². The summed E-state index contributed by atoms with van der Waals surface area (Å²) in [4.78, 5) is 11.9. The van der Waals surface area contributed by atoms with Crippen LogP contribution in [0.5, 0.6) is 0 Å². The van der Waals surface area contributed by atoms with Crippen molar-refractivity contribution in [2.75, 3.05) is 25.1 Å². The summed E-state index contributed by atoms with van der Waals surface area (Å²) in [5.41, 5.74) is 1.33. The maximum Gasteiger partial charge on any atom is 0.243 e. The van der Waals surface area contributed by atoms with Gasteiger partial charge in [-0.2, -0.15) is 0 Å². The number of rotatable bonds is 2. The van der Waals surface area contributed by atoms with Crippen LogP contribution in [0.3, 0.4) is 0 Å². The van der Waals surface area contributed by atoms with Gasteiger partial charge in [-0.25, -0.2) is 4.39 Å². The molecule has 1 amide bonds. The van der Waals surface area contributed by atoms with Crippen molar-refractivity contribution < 1.29 is 13.9 Å². The van der Waals surface area contributed by atoms with Crippen molar-refractivity contribution >= 4 is 11.6 Å². The summed E-state index contributed by atoms with van der Waals surface area (Å²) in [5.74, 6) is -0.558. The van der Waals surface area contributed by atoms with Crippen molar-refractivity contribution in [1.82, 2.24) is 5.32 Å². The van der Waals surface area contributed by atoms with Crippen LogP contribution in [0, 0.1) is 12.7 Å². The Balaban J connectivity index is 2.04. The molecule has 92 valence electrons. The molecule has 0 saturated carbocycles. The number of hydrogen-bond acceptors (Lipinski definition) is 3. The van der Waals surface area contributed by atoms with Crippen LogP contribution < -0.4 is 10.6 Å². The van der Waals surface area contributed by atoms with Crippen LogP contribution in [0.2, 0.25) is 0 Å². The van der Waals surface area contributed by atoms with Gasteiger partial charge in [0.2, 0.25) is 5.91 Å². The number of benzene rings is 1. The van der Waals surface area contributed by atoms with Crippen LogP contribution >= 0.6 is 0 Å². The summed E-state index contributed by atoms with van der Waals surface area (Å²) in [6.45, 7) is 3.43. The molecule has 1 atom stereocenters. The standard InChI is InChI=1S/C12H15FN2O2/c1-8-2-3-9(13)6-10(8)15-12(16)11-7-17-5-4-14-11/h2-3,6,11,14H,4-5,7H2,1H3,(H,15,16). The number of carbonyl (C=O) groups is 1. The second-order valence-electron chi connectivity index (χ2n) is 4.03. The molecule has 1 aliphatic rings. The van der Waals surface area contributed by atoms with E-state index in [1.807, 2.05) is 6.92 Å². The topological polar surface area (TPSA) is 50.4 Å². The van der Waals surface area contributed by atoms with Gasteiger partial charge in [0, 0.05) is 12.2 Å². The third-order valence-corrected chi connectivity index (χ3v) is 2.70. The summed E-state index contributed by atoms with van der Waals surface area (Å²) in [6.07, 6.45) is 0. The van der Waals surface area contributed by atoms with Crippen LogP contribution in [0.15, 0.2) is 18.2 Å². The first kappa shape index (κ1) is 12.0. The van der Waals surface area contributed by atoms with Gasteiger partial charge in [0.05, 0.1) is 13.2 Å². The molecular weight excluding hydrogens is 223 g/mol. The normalized spacial score (nSPS) is 20.0. The fraction of sp³-hybridized carbons (Fsp3) is 0.417. The van der Waals surface area contributed by atoms with Gasteiger partial charge in [0.25, 0.3) is 0 Å². The van der Waals surface area contributed by atoms with Crippen LogP contribution in [0.25, 0.3) is 0 Å². The van der Waals surface area contributed by atoms with E-state index in [4.69, 9.17) is 4.74 Å². The molecule has 1 aliphatic heterocycles. The molecule has 0 radical (unpaired) electrons. The minimum atomic E-state index is -0.369. The highest BCUT2D eigenvalue weighted by Crippen LogP contribution is 2.16. The molecule has 4 nitrogen and oxygen atoms in total. The summed E-state index contributed by atoms with van der Waals surface area (Å²) in [7, 11) is 0. The Morgan fingerprint density at radius 2 is 2.41 bits per heavy atom. The summed E-state index contributed by atoms with van der Waals surface area (Å²) in [6, 6.07) is 3.95. The number of aryl methyl sites for hydroxylation is 1. The Kier molecular flexibility index (Phi) is 3.71. The third-order valence-electron chi connectivity index (χ3n) is 2.70. The van der Waals surface area contributed by atoms with Crippen molar-refractivity contribution in [3.05, 3.63) is 29.6 Å². The zero-order valence-electron chi connectivity index (χ0n) is 9.63. The van der Waals surface area contributed by atoms with Gasteiger partial charge < -0.3 is 15.4 Å². The van der Waals surface area contributed by atoms with E-state index in [0.717, 1.165) is 5.56 Å². The van der Waals surface area contributed by atoms with Crippen molar-refractivity contribution in [3.8, 4) is 0 Å². The lowest BCUT2D eigenvalue weighted by molar-refractivity contribution is -0.120. The number of nitrogens with one attached hydrogen (secondary N) is 2. The molecule has 5 heteroatoms. The molecule has 1 unspecified atom stereocenters. The molecular formula is C12H15FN2O2. The Hall–Kier alpha value is -1.46. The highest BCUT2D eigenvalue weighted by Gasteiger charge is 2.21. The monoisotopic (exact) mass is 238 g/mol. The average Bonchev–Trinajstić information content (AvgIpc) is 2.35. The molecule has 0 bridgehead atoms. The van der Waals surface area contributed by atoms with E-state index < -0.39 is 0 Å². The lowest BCUT2D eigenvalue weighted by Crippen LogP contribution is -2.48. The van der Waals surface area contributed by atoms with E-state index in [0.29, 0.717) is 25.4 Å². The van der Waals surface area contributed by atoms with Crippen molar-refractivity contribution in [2.24, 2.45) is 0 Å². The van der Waals surface area contributed by atoms with Gasteiger partial charge >= 0.3 is 0 Å². The highest BCUT2D eigenvalue weighted by molar-refractivity contribution is 5.95. The number of ether oxygens (including phenoxy) is 1. The summed E-state index contributed by atoms with van der Waals surface area (Å²) in [5, 5.41) is 5.74. The fourth-order valence-electron chi connectivity index (χ4n) is 1.68. The molecule has 17 heavy (non-hydrogen) atoms. The number of halogens is 1. The first-order valence-corrected chi connectivity index (χ1v) is 5.55. The smallest absolute Gasteiger partial charge is 0.243 e. The first-order valence-electron chi connectivity index (χ1n) is 5.55. The number of hydrogen-bond donors (Lipinski definition) is 2. The number of carbonyl (C=O) groups excluding carboxylic acids is 1. The van der Waals surface area contributed by atoms with E-state index in [2.05, 4.69) is 10.6 Å². The summed E-state index contributed by atoms with van der Waals surface area (Å²) < 4.78 is 18.2. The molecule has 2 rings (SSSR count). The average molecular weight is 238 g/mol. The Morgan fingerprint density at radius 1 is 1.59 bits per heavy atom. The molecule has 1 saturated heterocycles. The van der Waals surface area contributed by atoms with Crippen molar-refractivity contribution in [3.63, 3.8) is 0 Å². The minimum absolute atomic E-state index is 0.196. The van der Waals surface area contributed by atoms with E-state index >= 15 is 0 Å². The van der Waals surface area contributed by atoms with Crippen LogP contribution in [-0.4, -0.2) is 31.7 Å². The number of morpholine rings is 1. The summed E-state index contributed by atoms with van der Waals surface area (Å²) >= 11 is 0. The maximum absolute atomic E-state index is 13.0. The predicted molar refractivity (Wildman–Crippen MR) is 62.4 cm³/mol. The molecule has 1 aromatic rings. The predicted octanol–water partition coefficient (Wildman–Crippen LogP) is 1.06. The van der Waals surface area contributed by atoms with Crippen LogP contribution in [0.4, 0.5) is 10.1 Å². The van der Waals surface area contributed by atoms with E-state index in [1.165, 1.54) is 12.1 Å². The third kappa shape index (κ3) is 3.01. The molecule has 1 heterocycles. The lowest BCUT2D eigenvalue weighted by atomic mass is 10.2. The Labute approximate surface area is 99.2 Å². The quantitative estimate of drug-likeness (QED) is 0.810. The second kappa shape index (κ2) is 5.25. The van der Waals surface area contributed by atoms with Gasteiger partial charge in [-0.15, -0.1) is 0 Å². The molecule has 1 aromatic carbocycles. The van der Waals surface area contributed by atoms with E-state index in [-0.39, 0.29) is 17.8 Å². The Bertz CT molecular complexity index is 417. The number of amides is 1. The van der Waals surface area contributed by atoms with Crippen molar-refractivity contribution in [1.29, 1.82) is 0 Å². The Morgan fingerprint density at radius 3 is 3.12 bits per heavy atom. The highest BCUT2D eigenvalue weighted by atomic mass is 19.1. The zero-order chi connectivity index (χ0) is 12.3. The van der Waals surface area contributed by atoms with E-state index in [1.54, 1.807) is 6.07 Å². The fourth-order valence-corrected chi connectivity index (χ4v) is 1.68. The molecule has 0 aromatic heterocycles. The van der Waals surface area contributed by atoms with Gasteiger partial charge in [-0.05, 0) is 24.6 Å². The molecule has 0 aliphatic carbocycles. The zero-order valence-corrected chi connectivity index (χ0v) is 9.63.